The van der Waals surface area contributed by atoms with Gasteiger partial charge in [0.1, 0.15) is 5.56 Å². The number of carbonyl (C=O) groups is 1. The number of nitrogens with zero attached hydrogens (tertiary/aromatic N) is 4. The van der Waals surface area contributed by atoms with E-state index in [1.807, 2.05) is 0 Å². The van der Waals surface area contributed by atoms with Crippen molar-refractivity contribution in [3.63, 3.8) is 0 Å². The molecule has 0 bridgehead atoms. The standard InChI is InChI=1S/C16H20N8O2/c17-9-4-1-2-5-10(9)21-16-23-12(22-15-18-6-3-7-19-15)11-13(25)20-8-26-14(11)24-16/h3,6-7,9-10H,1-2,4-5,8,17H2,(H,20,25)(H2,18,19,21,22,23,24). The molecule has 1 amide bonds. The minimum absolute atomic E-state index is 0.0430. The van der Waals surface area contributed by atoms with Gasteiger partial charge in [0.15, 0.2) is 12.5 Å². The molecule has 2 aliphatic rings. The Bertz CT molecular complexity index is 800. The van der Waals surface area contributed by atoms with Crippen molar-refractivity contribution in [2.75, 3.05) is 17.4 Å². The maximum Gasteiger partial charge on any atom is 0.263 e. The van der Waals surface area contributed by atoms with Crippen LogP contribution in [0.1, 0.15) is 36.0 Å². The van der Waals surface area contributed by atoms with Gasteiger partial charge >= 0.3 is 0 Å². The van der Waals surface area contributed by atoms with E-state index in [2.05, 4.69) is 35.9 Å². The molecule has 1 aliphatic carbocycles. The lowest BCUT2D eigenvalue weighted by Crippen LogP contribution is -2.43. The molecule has 5 N–H and O–H groups in total. The number of hydrogen-bond acceptors (Lipinski definition) is 9. The molecule has 2 atom stereocenters. The van der Waals surface area contributed by atoms with Gasteiger partial charge in [0.05, 0.1) is 0 Å². The molecular weight excluding hydrogens is 336 g/mol. The van der Waals surface area contributed by atoms with Crippen molar-refractivity contribution >= 4 is 23.6 Å². The quantitative estimate of drug-likeness (QED) is 0.625. The van der Waals surface area contributed by atoms with Gasteiger partial charge in [-0.05, 0) is 18.9 Å². The van der Waals surface area contributed by atoms with Gasteiger partial charge in [-0.25, -0.2) is 9.97 Å². The molecule has 1 saturated carbocycles. The van der Waals surface area contributed by atoms with Crippen molar-refractivity contribution in [3.05, 3.63) is 24.0 Å². The van der Waals surface area contributed by atoms with E-state index in [0.717, 1.165) is 25.7 Å². The minimum Gasteiger partial charge on any atom is -0.456 e. The topological polar surface area (TPSA) is 140 Å². The third kappa shape index (κ3) is 3.36. The maximum absolute atomic E-state index is 12.3. The zero-order chi connectivity index (χ0) is 17.9. The number of hydrogen-bond donors (Lipinski definition) is 4. The molecule has 4 rings (SSSR count). The molecule has 0 saturated heterocycles. The normalized spacial score (nSPS) is 22.0. The first kappa shape index (κ1) is 16.5. The maximum atomic E-state index is 12.3. The lowest BCUT2D eigenvalue weighted by molar-refractivity contribution is 0.0879. The summed E-state index contributed by atoms with van der Waals surface area (Å²) in [6, 6.07) is 1.83. The van der Waals surface area contributed by atoms with Gasteiger partial charge in [-0.15, -0.1) is 0 Å². The summed E-state index contributed by atoms with van der Waals surface area (Å²) in [4.78, 5) is 29.3. The Morgan fingerprint density at radius 2 is 1.96 bits per heavy atom. The van der Waals surface area contributed by atoms with Crippen LogP contribution in [0.5, 0.6) is 5.88 Å². The average Bonchev–Trinajstić information content (AvgIpc) is 2.64. The number of rotatable bonds is 4. The van der Waals surface area contributed by atoms with E-state index in [9.17, 15) is 4.79 Å². The van der Waals surface area contributed by atoms with Crippen molar-refractivity contribution in [1.82, 2.24) is 25.3 Å². The predicted molar refractivity (Wildman–Crippen MR) is 94.2 cm³/mol. The van der Waals surface area contributed by atoms with E-state index in [0.29, 0.717) is 11.9 Å². The summed E-state index contributed by atoms with van der Waals surface area (Å²) in [7, 11) is 0. The van der Waals surface area contributed by atoms with E-state index in [-0.39, 0.29) is 42.0 Å². The van der Waals surface area contributed by atoms with Crippen molar-refractivity contribution in [1.29, 1.82) is 0 Å². The van der Waals surface area contributed by atoms with Gasteiger partial charge in [-0.3, -0.25) is 4.79 Å². The SMILES string of the molecule is NC1CCCCC1Nc1nc(Nc2ncccn2)c2c(n1)OCNC2=O. The molecule has 2 aromatic heterocycles. The fraction of sp³-hybridized carbons (Fsp3) is 0.438. The average molecular weight is 356 g/mol. The summed E-state index contributed by atoms with van der Waals surface area (Å²) in [5, 5.41) is 8.86. The fourth-order valence-electron chi connectivity index (χ4n) is 3.14. The monoisotopic (exact) mass is 356 g/mol. The Morgan fingerprint density at radius 1 is 1.15 bits per heavy atom. The van der Waals surface area contributed by atoms with Crippen LogP contribution in [0.25, 0.3) is 0 Å². The lowest BCUT2D eigenvalue weighted by Gasteiger charge is -2.29. The molecule has 0 aromatic carbocycles. The summed E-state index contributed by atoms with van der Waals surface area (Å²) in [6.45, 7) is 0.0620. The highest BCUT2D eigenvalue weighted by molar-refractivity contribution is 6.02. The van der Waals surface area contributed by atoms with Gasteiger partial charge in [0.2, 0.25) is 17.8 Å². The molecule has 10 heteroatoms. The van der Waals surface area contributed by atoms with E-state index < -0.39 is 0 Å². The number of carbonyl (C=O) groups excluding carboxylic acids is 1. The van der Waals surface area contributed by atoms with Gasteiger partial charge in [0, 0.05) is 24.5 Å². The van der Waals surface area contributed by atoms with Crippen LogP contribution >= 0.6 is 0 Å². The second-order valence-corrected chi connectivity index (χ2v) is 6.27. The van der Waals surface area contributed by atoms with Crippen LogP contribution in [0.4, 0.5) is 17.7 Å². The second kappa shape index (κ2) is 7.08. The molecule has 26 heavy (non-hydrogen) atoms. The Kier molecular flexibility index (Phi) is 4.48. The molecule has 0 spiro atoms. The van der Waals surface area contributed by atoms with Crippen LogP contribution < -0.4 is 26.4 Å². The van der Waals surface area contributed by atoms with Gasteiger partial charge in [-0.1, -0.05) is 12.8 Å². The summed E-state index contributed by atoms with van der Waals surface area (Å²) in [5.41, 5.74) is 6.42. The predicted octanol–water partition coefficient (Wildman–Crippen LogP) is 0.772. The molecule has 2 unspecified atom stereocenters. The largest absolute Gasteiger partial charge is 0.456 e. The molecule has 2 aromatic rings. The molecular formula is C16H20N8O2. The van der Waals surface area contributed by atoms with Crippen molar-refractivity contribution in [2.45, 2.75) is 37.8 Å². The number of nitrogens with two attached hydrogens (primary N) is 1. The highest BCUT2D eigenvalue weighted by Crippen LogP contribution is 2.29. The molecule has 3 heterocycles. The molecule has 0 radical (unpaired) electrons. The van der Waals surface area contributed by atoms with Gasteiger partial charge < -0.3 is 26.4 Å². The lowest BCUT2D eigenvalue weighted by atomic mass is 9.91. The van der Waals surface area contributed by atoms with E-state index >= 15 is 0 Å². The van der Waals surface area contributed by atoms with Crippen LogP contribution in [0.3, 0.4) is 0 Å². The highest BCUT2D eigenvalue weighted by atomic mass is 16.5. The zero-order valence-electron chi connectivity index (χ0n) is 14.1. The second-order valence-electron chi connectivity index (χ2n) is 6.27. The molecule has 136 valence electrons. The summed E-state index contributed by atoms with van der Waals surface area (Å²) < 4.78 is 5.49. The highest BCUT2D eigenvalue weighted by Gasteiger charge is 2.28. The Morgan fingerprint density at radius 3 is 2.77 bits per heavy atom. The first-order valence-electron chi connectivity index (χ1n) is 8.60. The van der Waals surface area contributed by atoms with Crippen LogP contribution in [-0.4, -0.2) is 44.7 Å². The van der Waals surface area contributed by atoms with Crippen LogP contribution in [0.2, 0.25) is 0 Å². The van der Waals surface area contributed by atoms with E-state index in [4.69, 9.17) is 10.5 Å². The zero-order valence-corrected chi connectivity index (χ0v) is 14.1. The summed E-state index contributed by atoms with van der Waals surface area (Å²) >= 11 is 0. The number of nitrogens with one attached hydrogen (secondary N) is 3. The third-order valence-corrected chi connectivity index (χ3v) is 4.47. The van der Waals surface area contributed by atoms with E-state index in [1.54, 1.807) is 18.5 Å². The number of amides is 1. The number of anilines is 3. The van der Waals surface area contributed by atoms with E-state index in [1.165, 1.54) is 0 Å². The van der Waals surface area contributed by atoms with Crippen LogP contribution in [0.15, 0.2) is 18.5 Å². The van der Waals surface area contributed by atoms with Crippen LogP contribution in [0, 0.1) is 0 Å². The Balaban J connectivity index is 1.67. The van der Waals surface area contributed by atoms with Crippen LogP contribution in [-0.2, 0) is 0 Å². The van der Waals surface area contributed by atoms with Gasteiger partial charge in [0.25, 0.3) is 5.91 Å². The first-order chi connectivity index (χ1) is 12.7. The summed E-state index contributed by atoms with van der Waals surface area (Å²) in [6.07, 6.45) is 7.35. The Labute approximate surface area is 150 Å². The van der Waals surface area contributed by atoms with Gasteiger partial charge in [-0.2, -0.15) is 9.97 Å². The number of fused-ring (bicyclic) bond motifs is 1. The minimum atomic E-state index is -0.314. The third-order valence-electron chi connectivity index (χ3n) is 4.47. The first-order valence-corrected chi connectivity index (χ1v) is 8.60. The van der Waals surface area contributed by atoms with Crippen molar-refractivity contribution < 1.29 is 9.53 Å². The van der Waals surface area contributed by atoms with Crippen molar-refractivity contribution in [3.8, 4) is 5.88 Å². The smallest absolute Gasteiger partial charge is 0.263 e. The molecule has 1 fully saturated rings. The molecule has 1 aliphatic heterocycles. The van der Waals surface area contributed by atoms with Crippen molar-refractivity contribution in [2.24, 2.45) is 5.73 Å². The number of aromatic nitrogens is 4. The summed E-state index contributed by atoms with van der Waals surface area (Å²) in [5.74, 6) is 0.872. The number of ether oxygens (including phenoxy) is 1. The fourth-order valence-corrected chi connectivity index (χ4v) is 3.14. The molecule has 10 nitrogen and oxygen atoms in total. The Hall–Kier alpha value is -3.01.